The van der Waals surface area contributed by atoms with Crippen LogP contribution in [0.4, 0.5) is 0 Å². The average molecular weight is 253 g/mol. The van der Waals surface area contributed by atoms with Crippen molar-refractivity contribution >= 4 is 0 Å². The largest absolute Gasteiger partial charge is 0.497 e. The van der Waals surface area contributed by atoms with E-state index in [0.29, 0.717) is 11.5 Å². The van der Waals surface area contributed by atoms with Gasteiger partial charge in [0.25, 0.3) is 0 Å². The molecule has 0 aliphatic carbocycles. The van der Waals surface area contributed by atoms with E-state index in [4.69, 9.17) is 9.47 Å². The number of nitro groups is 1. The van der Waals surface area contributed by atoms with Crippen molar-refractivity contribution in [2.75, 3.05) is 13.7 Å². The molecule has 1 N–H and O–H groups in total. The van der Waals surface area contributed by atoms with Crippen LogP contribution in [0.25, 0.3) is 0 Å². The Balaban J connectivity index is 2.40. The molecule has 0 fully saturated rings. The third-order valence-electron chi connectivity index (χ3n) is 3.30. The lowest BCUT2D eigenvalue weighted by molar-refractivity contribution is -0.486. The maximum atomic E-state index is 10.7. The molecular formula is C12H15NO5. The monoisotopic (exact) mass is 253 g/mol. The first-order valence-corrected chi connectivity index (χ1v) is 5.67. The molecule has 0 aromatic heterocycles. The summed E-state index contributed by atoms with van der Waals surface area (Å²) in [5.74, 6) is 0.364. The van der Waals surface area contributed by atoms with Crippen molar-refractivity contribution in [2.24, 2.45) is 5.92 Å². The first-order chi connectivity index (χ1) is 8.52. The van der Waals surface area contributed by atoms with E-state index in [-0.39, 0.29) is 23.3 Å². The van der Waals surface area contributed by atoms with Crippen LogP contribution in [-0.4, -0.2) is 30.0 Å². The Kier molecular flexibility index (Phi) is 3.38. The fourth-order valence-electron chi connectivity index (χ4n) is 2.19. The van der Waals surface area contributed by atoms with Crippen molar-refractivity contribution in [1.82, 2.24) is 0 Å². The molecule has 1 aromatic rings. The first kappa shape index (κ1) is 12.6. The number of fused-ring (bicyclic) bond motifs is 1. The minimum atomic E-state index is -1.03. The highest BCUT2D eigenvalue weighted by Gasteiger charge is 2.37. The smallest absolute Gasteiger partial charge is 0.211 e. The number of ether oxygens (including phenoxy) is 2. The summed E-state index contributed by atoms with van der Waals surface area (Å²) in [5, 5.41) is 20.5. The van der Waals surface area contributed by atoms with Gasteiger partial charge in [-0.2, -0.15) is 0 Å². The van der Waals surface area contributed by atoms with E-state index in [1.807, 2.05) is 0 Å². The molecule has 1 heterocycles. The van der Waals surface area contributed by atoms with Gasteiger partial charge in [0.15, 0.2) is 0 Å². The molecule has 1 aliphatic rings. The van der Waals surface area contributed by atoms with Gasteiger partial charge in [-0.25, -0.2) is 0 Å². The zero-order valence-electron chi connectivity index (χ0n) is 10.2. The summed E-state index contributed by atoms with van der Waals surface area (Å²) in [6, 6.07) is 5.13. The van der Waals surface area contributed by atoms with Crippen LogP contribution in [0.15, 0.2) is 18.2 Å². The van der Waals surface area contributed by atoms with Crippen LogP contribution in [-0.2, 0) is 0 Å². The molecule has 18 heavy (non-hydrogen) atoms. The summed E-state index contributed by atoms with van der Waals surface area (Å²) in [6.45, 7) is 1.52. The molecule has 0 saturated carbocycles. The van der Waals surface area contributed by atoms with Crippen molar-refractivity contribution in [3.63, 3.8) is 0 Å². The van der Waals surface area contributed by atoms with Crippen molar-refractivity contribution in [3.05, 3.63) is 33.9 Å². The predicted molar refractivity (Wildman–Crippen MR) is 63.4 cm³/mol. The van der Waals surface area contributed by atoms with Crippen LogP contribution < -0.4 is 9.47 Å². The Morgan fingerprint density at radius 1 is 1.56 bits per heavy atom. The summed E-state index contributed by atoms with van der Waals surface area (Å²) in [5.41, 5.74) is 0.741. The molecule has 6 heteroatoms. The lowest BCUT2D eigenvalue weighted by Crippen LogP contribution is -2.36. The molecule has 1 aromatic carbocycles. The fourth-order valence-corrected chi connectivity index (χ4v) is 2.19. The van der Waals surface area contributed by atoms with Crippen LogP contribution in [0.3, 0.4) is 0 Å². The van der Waals surface area contributed by atoms with Gasteiger partial charge in [-0.3, -0.25) is 10.1 Å². The summed E-state index contributed by atoms with van der Waals surface area (Å²) < 4.78 is 10.4. The molecule has 0 amide bonds. The molecule has 0 saturated heterocycles. The maximum absolute atomic E-state index is 10.7. The van der Waals surface area contributed by atoms with Gasteiger partial charge in [0, 0.05) is 22.5 Å². The highest BCUT2D eigenvalue weighted by Crippen LogP contribution is 2.41. The first-order valence-electron chi connectivity index (χ1n) is 5.67. The highest BCUT2D eigenvalue weighted by molar-refractivity contribution is 5.44. The number of rotatable bonds is 3. The van der Waals surface area contributed by atoms with Crippen molar-refractivity contribution < 1.29 is 19.5 Å². The number of hydrogen-bond acceptors (Lipinski definition) is 5. The van der Waals surface area contributed by atoms with Crippen LogP contribution in [0, 0.1) is 16.0 Å². The Labute approximate surface area is 104 Å². The van der Waals surface area contributed by atoms with E-state index in [1.54, 1.807) is 25.1 Å². The van der Waals surface area contributed by atoms with E-state index in [0.717, 1.165) is 5.56 Å². The van der Waals surface area contributed by atoms with Gasteiger partial charge in [0.05, 0.1) is 13.0 Å². The zero-order chi connectivity index (χ0) is 13.3. The summed E-state index contributed by atoms with van der Waals surface area (Å²) in [6.07, 6.45) is -1.03. The van der Waals surface area contributed by atoms with E-state index < -0.39 is 6.29 Å². The Morgan fingerprint density at radius 3 is 2.89 bits per heavy atom. The maximum Gasteiger partial charge on any atom is 0.211 e. The van der Waals surface area contributed by atoms with E-state index in [9.17, 15) is 15.2 Å². The number of benzene rings is 1. The fraction of sp³-hybridized carbons (Fsp3) is 0.500. The lowest BCUT2D eigenvalue weighted by Gasteiger charge is -2.33. The second-order valence-corrected chi connectivity index (χ2v) is 4.39. The van der Waals surface area contributed by atoms with Crippen LogP contribution in [0.5, 0.6) is 11.5 Å². The standard InChI is InChI=1S/C12H15NO5/c1-7-10(6-13(15)16)9-4-3-8(17-2)5-11(9)18-12(7)14/h3-5,7,10,12,14H,6H2,1-2H3/t7-,10+,12?/m0/s1. The molecular weight excluding hydrogens is 238 g/mol. The second-order valence-electron chi connectivity index (χ2n) is 4.39. The number of aliphatic hydroxyl groups excluding tert-OH is 1. The molecule has 2 rings (SSSR count). The Bertz CT molecular complexity index is 462. The van der Waals surface area contributed by atoms with Gasteiger partial charge in [-0.15, -0.1) is 0 Å². The summed E-state index contributed by atoms with van der Waals surface area (Å²) in [7, 11) is 1.53. The van der Waals surface area contributed by atoms with Gasteiger partial charge in [-0.1, -0.05) is 13.0 Å². The second kappa shape index (κ2) is 4.81. The van der Waals surface area contributed by atoms with Gasteiger partial charge >= 0.3 is 0 Å². The number of nitrogens with zero attached hydrogens (tertiary/aromatic N) is 1. The third-order valence-corrected chi connectivity index (χ3v) is 3.30. The molecule has 98 valence electrons. The Morgan fingerprint density at radius 2 is 2.28 bits per heavy atom. The molecule has 0 bridgehead atoms. The quantitative estimate of drug-likeness (QED) is 0.650. The number of hydrogen-bond donors (Lipinski definition) is 1. The molecule has 0 radical (unpaired) electrons. The minimum absolute atomic E-state index is 0.221. The lowest BCUT2D eigenvalue weighted by atomic mass is 9.84. The SMILES string of the molecule is COc1ccc2c(c1)OC(O)[C@@H](C)[C@H]2C[N+](=O)[O-]. The molecule has 6 nitrogen and oxygen atoms in total. The van der Waals surface area contributed by atoms with E-state index in [2.05, 4.69) is 0 Å². The van der Waals surface area contributed by atoms with Crippen molar-refractivity contribution in [2.45, 2.75) is 19.1 Å². The minimum Gasteiger partial charge on any atom is -0.497 e. The normalized spacial score (nSPS) is 26.1. The molecule has 1 aliphatic heterocycles. The molecule has 3 atom stereocenters. The van der Waals surface area contributed by atoms with Crippen LogP contribution in [0.2, 0.25) is 0 Å². The van der Waals surface area contributed by atoms with E-state index >= 15 is 0 Å². The molecule has 1 unspecified atom stereocenters. The van der Waals surface area contributed by atoms with Gasteiger partial charge in [0.1, 0.15) is 11.5 Å². The average Bonchev–Trinajstić information content (AvgIpc) is 2.33. The third kappa shape index (κ3) is 2.24. The van der Waals surface area contributed by atoms with Crippen LogP contribution >= 0.6 is 0 Å². The summed E-state index contributed by atoms with van der Waals surface area (Å²) in [4.78, 5) is 10.3. The van der Waals surface area contributed by atoms with Crippen molar-refractivity contribution in [3.8, 4) is 11.5 Å². The summed E-state index contributed by atoms with van der Waals surface area (Å²) >= 11 is 0. The van der Waals surface area contributed by atoms with Crippen molar-refractivity contribution in [1.29, 1.82) is 0 Å². The Hall–Kier alpha value is -1.82. The highest BCUT2D eigenvalue weighted by atomic mass is 16.6. The van der Waals surface area contributed by atoms with Gasteiger partial charge < -0.3 is 14.6 Å². The number of aliphatic hydroxyl groups is 1. The van der Waals surface area contributed by atoms with Gasteiger partial charge in [-0.05, 0) is 6.07 Å². The van der Waals surface area contributed by atoms with Crippen LogP contribution in [0.1, 0.15) is 18.4 Å². The predicted octanol–water partition coefficient (Wildman–Crippen LogP) is 1.40. The van der Waals surface area contributed by atoms with Gasteiger partial charge in [0.2, 0.25) is 12.8 Å². The topological polar surface area (TPSA) is 81.8 Å². The molecule has 0 spiro atoms. The number of methoxy groups -OCH3 is 1. The zero-order valence-corrected chi connectivity index (χ0v) is 10.2. The van der Waals surface area contributed by atoms with E-state index in [1.165, 1.54) is 7.11 Å².